The molecular weight excluding hydrogens is 356 g/mol. The van der Waals surface area contributed by atoms with Crippen LogP contribution in [0.5, 0.6) is 0 Å². The van der Waals surface area contributed by atoms with Crippen molar-refractivity contribution in [1.82, 2.24) is 14.7 Å². The average Bonchev–Trinajstić information content (AvgIpc) is 2.91. The number of nitrogens with zero attached hydrogens (tertiary/aromatic N) is 3. The lowest BCUT2D eigenvalue weighted by Crippen LogP contribution is -2.57. The van der Waals surface area contributed by atoms with E-state index in [1.54, 1.807) is 0 Å². The van der Waals surface area contributed by atoms with Crippen LogP contribution in [0.1, 0.15) is 31.4 Å². The third-order valence-corrected chi connectivity index (χ3v) is 4.25. The number of aliphatic hydroxyl groups is 1. The second kappa shape index (κ2) is 6.50. The monoisotopic (exact) mass is 373 g/mol. The quantitative estimate of drug-likeness (QED) is 0.829. The van der Waals surface area contributed by atoms with Gasteiger partial charge >= 0.3 is 12.4 Å². The summed E-state index contributed by atoms with van der Waals surface area (Å²) in [5, 5.41) is 13.1. The van der Waals surface area contributed by atoms with Crippen LogP contribution in [0.3, 0.4) is 0 Å². The first-order valence-electron chi connectivity index (χ1n) is 7.50. The highest BCUT2D eigenvalue weighted by Gasteiger charge is 2.57. The third-order valence-electron chi connectivity index (χ3n) is 4.25. The summed E-state index contributed by atoms with van der Waals surface area (Å²) >= 11 is 0. The molecule has 11 heteroatoms. The van der Waals surface area contributed by atoms with E-state index >= 15 is 0 Å². The molecule has 1 N–H and O–H groups in total. The minimum absolute atomic E-state index is 0.0903. The van der Waals surface area contributed by atoms with Gasteiger partial charge in [-0.2, -0.15) is 31.4 Å². The molecular formula is C14H17F6N3O2. The van der Waals surface area contributed by atoms with Crippen molar-refractivity contribution < 1.29 is 36.2 Å². The number of aromatic nitrogens is 2. The van der Waals surface area contributed by atoms with Gasteiger partial charge in [0.1, 0.15) is 6.54 Å². The molecule has 0 bridgehead atoms. The predicted octanol–water partition coefficient (Wildman–Crippen LogP) is 2.46. The zero-order valence-corrected chi connectivity index (χ0v) is 13.2. The molecule has 1 aromatic heterocycles. The van der Waals surface area contributed by atoms with Gasteiger partial charge < -0.3 is 10.0 Å². The number of hydrogen-bond acceptors (Lipinski definition) is 3. The number of alkyl halides is 6. The standard InChI is InChI=1S/C14H17F6N3O2/c1-12(25,14(18,19)20)11(24)22-6-3-9(4-7-22)10-2-5-21-23(10)8-13(15,16)17/h2,5,9,25H,3-4,6-8H2,1H3. The largest absolute Gasteiger partial charge is 0.426 e. The Balaban J connectivity index is 2.04. The summed E-state index contributed by atoms with van der Waals surface area (Å²) in [4.78, 5) is 12.8. The molecule has 1 aliphatic rings. The Kier molecular flexibility index (Phi) is 5.08. The minimum Gasteiger partial charge on any atom is -0.373 e. The van der Waals surface area contributed by atoms with E-state index in [1.807, 2.05) is 0 Å². The summed E-state index contributed by atoms with van der Waals surface area (Å²) in [6, 6.07) is 1.43. The molecule has 1 amide bonds. The summed E-state index contributed by atoms with van der Waals surface area (Å²) in [7, 11) is 0. The average molecular weight is 373 g/mol. The van der Waals surface area contributed by atoms with Gasteiger partial charge in [-0.15, -0.1) is 0 Å². The highest BCUT2D eigenvalue weighted by molar-refractivity contribution is 5.85. The number of piperidine rings is 1. The number of carbonyl (C=O) groups is 1. The van der Waals surface area contributed by atoms with Crippen LogP contribution < -0.4 is 0 Å². The Morgan fingerprint density at radius 3 is 2.28 bits per heavy atom. The minimum atomic E-state index is -5.10. The number of halogens is 6. The SMILES string of the molecule is CC(O)(C(=O)N1CCC(c2ccnn2CC(F)(F)F)CC1)C(F)(F)F. The van der Waals surface area contributed by atoms with Crippen molar-refractivity contribution in [2.75, 3.05) is 13.1 Å². The van der Waals surface area contributed by atoms with Crippen LogP contribution in [0, 0.1) is 0 Å². The van der Waals surface area contributed by atoms with Crippen LogP contribution in [0.15, 0.2) is 12.3 Å². The van der Waals surface area contributed by atoms with Crippen molar-refractivity contribution >= 4 is 5.91 Å². The molecule has 25 heavy (non-hydrogen) atoms. The topological polar surface area (TPSA) is 58.4 Å². The summed E-state index contributed by atoms with van der Waals surface area (Å²) in [5.74, 6) is -1.81. The van der Waals surface area contributed by atoms with Gasteiger partial charge in [-0.3, -0.25) is 9.48 Å². The van der Waals surface area contributed by atoms with E-state index in [0.717, 1.165) is 9.58 Å². The molecule has 0 radical (unpaired) electrons. The van der Waals surface area contributed by atoms with Crippen molar-refractivity contribution in [2.24, 2.45) is 0 Å². The van der Waals surface area contributed by atoms with Gasteiger partial charge in [0.05, 0.1) is 0 Å². The number of likely N-dealkylation sites (tertiary alicyclic amines) is 1. The van der Waals surface area contributed by atoms with Gasteiger partial charge in [0, 0.05) is 30.9 Å². The van der Waals surface area contributed by atoms with E-state index in [2.05, 4.69) is 5.10 Å². The van der Waals surface area contributed by atoms with E-state index < -0.39 is 30.4 Å². The van der Waals surface area contributed by atoms with Gasteiger partial charge in [-0.1, -0.05) is 0 Å². The van der Waals surface area contributed by atoms with E-state index in [1.165, 1.54) is 12.3 Å². The Morgan fingerprint density at radius 1 is 1.24 bits per heavy atom. The lowest BCUT2D eigenvalue weighted by molar-refractivity contribution is -0.250. The third kappa shape index (κ3) is 4.25. The summed E-state index contributed by atoms with van der Waals surface area (Å²) in [6.45, 7) is -1.04. The van der Waals surface area contributed by atoms with Crippen molar-refractivity contribution in [3.63, 3.8) is 0 Å². The molecule has 2 heterocycles. The van der Waals surface area contributed by atoms with E-state index in [0.29, 0.717) is 12.6 Å². The normalized spacial score (nSPS) is 19.8. The Labute approximate surface area is 139 Å². The van der Waals surface area contributed by atoms with Crippen LogP contribution in [0.25, 0.3) is 0 Å². The molecule has 0 aliphatic carbocycles. The van der Waals surface area contributed by atoms with E-state index in [-0.39, 0.29) is 31.8 Å². The second-order valence-corrected chi connectivity index (χ2v) is 6.17. The first-order chi connectivity index (χ1) is 11.3. The number of amides is 1. The fraction of sp³-hybridized carbons (Fsp3) is 0.714. The zero-order chi connectivity index (χ0) is 19.0. The Hall–Kier alpha value is -1.78. The molecule has 0 aromatic carbocycles. The molecule has 2 rings (SSSR count). The van der Waals surface area contributed by atoms with Gasteiger partial charge in [-0.25, -0.2) is 0 Å². The molecule has 1 aromatic rings. The van der Waals surface area contributed by atoms with Gasteiger partial charge in [0.25, 0.3) is 5.91 Å². The molecule has 1 unspecified atom stereocenters. The lowest BCUT2D eigenvalue weighted by Gasteiger charge is -2.36. The van der Waals surface area contributed by atoms with Crippen LogP contribution in [0.2, 0.25) is 0 Å². The first-order valence-corrected chi connectivity index (χ1v) is 7.50. The summed E-state index contributed by atoms with van der Waals surface area (Å²) < 4.78 is 76.6. The van der Waals surface area contributed by atoms with Crippen molar-refractivity contribution in [2.45, 2.75) is 50.2 Å². The highest BCUT2D eigenvalue weighted by Crippen LogP contribution is 2.34. The predicted molar refractivity (Wildman–Crippen MR) is 73.5 cm³/mol. The lowest BCUT2D eigenvalue weighted by atomic mass is 9.92. The van der Waals surface area contributed by atoms with Crippen LogP contribution in [-0.4, -0.2) is 56.7 Å². The molecule has 1 saturated heterocycles. The number of rotatable bonds is 3. The smallest absolute Gasteiger partial charge is 0.373 e. The van der Waals surface area contributed by atoms with Gasteiger partial charge in [0.15, 0.2) is 0 Å². The molecule has 1 atom stereocenters. The fourth-order valence-corrected chi connectivity index (χ4v) is 2.80. The second-order valence-electron chi connectivity index (χ2n) is 6.17. The summed E-state index contributed by atoms with van der Waals surface area (Å²) in [6.07, 6.45) is -7.95. The number of carbonyl (C=O) groups excluding carboxylic acids is 1. The molecule has 1 aliphatic heterocycles. The van der Waals surface area contributed by atoms with Crippen LogP contribution in [-0.2, 0) is 11.3 Å². The zero-order valence-electron chi connectivity index (χ0n) is 13.2. The summed E-state index contributed by atoms with van der Waals surface area (Å²) in [5.41, 5.74) is -3.16. The van der Waals surface area contributed by atoms with Crippen molar-refractivity contribution in [1.29, 1.82) is 0 Å². The fourth-order valence-electron chi connectivity index (χ4n) is 2.80. The van der Waals surface area contributed by atoms with Gasteiger partial charge in [-0.05, 0) is 25.8 Å². The Morgan fingerprint density at radius 2 is 1.80 bits per heavy atom. The van der Waals surface area contributed by atoms with E-state index in [9.17, 15) is 36.2 Å². The van der Waals surface area contributed by atoms with Gasteiger partial charge in [0.2, 0.25) is 5.60 Å². The Bertz CT molecular complexity index is 615. The maximum absolute atomic E-state index is 12.7. The number of hydrogen-bond donors (Lipinski definition) is 1. The van der Waals surface area contributed by atoms with E-state index in [4.69, 9.17) is 0 Å². The highest BCUT2D eigenvalue weighted by atomic mass is 19.4. The molecule has 142 valence electrons. The maximum Gasteiger partial charge on any atom is 0.426 e. The van der Waals surface area contributed by atoms with Crippen molar-refractivity contribution in [3.8, 4) is 0 Å². The molecule has 0 saturated carbocycles. The molecule has 5 nitrogen and oxygen atoms in total. The molecule has 0 spiro atoms. The van der Waals surface area contributed by atoms with Crippen molar-refractivity contribution in [3.05, 3.63) is 18.0 Å². The van der Waals surface area contributed by atoms with Crippen LogP contribution >= 0.6 is 0 Å². The first kappa shape index (κ1) is 19.5. The van der Waals surface area contributed by atoms with Crippen LogP contribution in [0.4, 0.5) is 26.3 Å². The molecule has 1 fully saturated rings. The maximum atomic E-state index is 12.7.